The fourth-order valence-corrected chi connectivity index (χ4v) is 1.61. The van der Waals surface area contributed by atoms with Crippen molar-refractivity contribution in [3.63, 3.8) is 0 Å². The predicted molar refractivity (Wildman–Crippen MR) is 60.6 cm³/mol. The van der Waals surface area contributed by atoms with E-state index in [4.69, 9.17) is 4.42 Å². The van der Waals surface area contributed by atoms with Crippen LogP contribution in [-0.2, 0) is 28.5 Å². The van der Waals surface area contributed by atoms with Gasteiger partial charge in [0, 0.05) is 5.56 Å². The topological polar surface area (TPSA) is 65.2 Å². The second-order valence-corrected chi connectivity index (χ2v) is 4.20. The first-order chi connectivity index (χ1) is 10.6. The number of hydrogen-bond acceptors (Lipinski definition) is 5. The molecule has 0 radical (unpaired) electrons. The van der Waals surface area contributed by atoms with Crippen LogP contribution in [0, 0.1) is 0 Å². The molecule has 0 saturated heterocycles. The van der Waals surface area contributed by atoms with Crippen LogP contribution in [0.15, 0.2) is 22.6 Å². The minimum Gasteiger partial charge on any atom is -0.458 e. The maximum atomic E-state index is 12.7. The second-order valence-electron chi connectivity index (χ2n) is 4.20. The first-order valence-corrected chi connectivity index (χ1v) is 5.79. The lowest BCUT2D eigenvalue weighted by Gasteiger charge is -2.12. The van der Waals surface area contributed by atoms with Gasteiger partial charge >= 0.3 is 12.4 Å². The molecule has 0 bridgehead atoms. The van der Waals surface area contributed by atoms with E-state index < -0.39 is 41.5 Å². The van der Waals surface area contributed by atoms with E-state index in [0.29, 0.717) is 12.1 Å². The van der Waals surface area contributed by atoms with Crippen molar-refractivity contribution in [2.75, 3.05) is 0 Å². The van der Waals surface area contributed by atoms with E-state index in [2.05, 4.69) is 14.9 Å². The molecule has 124 valence electrons. The molecule has 0 amide bonds. The molecule has 2 rings (SSSR count). The number of benzene rings is 1. The summed E-state index contributed by atoms with van der Waals surface area (Å²) in [5.74, 6) is -0.843. The number of rotatable bonds is 4. The van der Waals surface area contributed by atoms with Crippen molar-refractivity contribution < 1.29 is 40.3 Å². The minimum absolute atomic E-state index is 0.0176. The van der Waals surface area contributed by atoms with Crippen molar-refractivity contribution in [3.05, 3.63) is 35.2 Å². The molecule has 0 aliphatic carbocycles. The highest BCUT2D eigenvalue weighted by Gasteiger charge is 2.37. The Kier molecular flexibility index (Phi) is 4.30. The van der Waals surface area contributed by atoms with Crippen molar-refractivity contribution in [2.24, 2.45) is 0 Å². The van der Waals surface area contributed by atoms with E-state index in [1.807, 2.05) is 0 Å². The largest absolute Gasteiger partial charge is 0.458 e. The van der Waals surface area contributed by atoms with E-state index in [0.717, 1.165) is 0 Å². The summed E-state index contributed by atoms with van der Waals surface area (Å²) in [4.78, 5) is 10.0. The van der Waals surface area contributed by atoms with Crippen LogP contribution in [0.5, 0.6) is 0 Å². The van der Waals surface area contributed by atoms with Gasteiger partial charge in [-0.1, -0.05) is 0 Å². The summed E-state index contributed by atoms with van der Waals surface area (Å²) in [7, 11) is 0. The van der Waals surface area contributed by atoms with Crippen molar-refractivity contribution in [3.8, 4) is 11.5 Å². The third-order valence-corrected chi connectivity index (χ3v) is 2.58. The number of carbonyl (C=O) groups is 1. The maximum absolute atomic E-state index is 12.7. The summed E-state index contributed by atoms with van der Waals surface area (Å²) in [6.07, 6.45) is -9.97. The van der Waals surface area contributed by atoms with Crippen LogP contribution in [0.3, 0.4) is 0 Å². The van der Waals surface area contributed by atoms with Crippen molar-refractivity contribution >= 4 is 6.47 Å². The zero-order valence-corrected chi connectivity index (χ0v) is 10.9. The van der Waals surface area contributed by atoms with Gasteiger partial charge in [0.25, 0.3) is 12.4 Å². The average molecular weight is 340 g/mol. The molecule has 1 heterocycles. The van der Waals surface area contributed by atoms with Crippen molar-refractivity contribution in [1.82, 2.24) is 10.2 Å². The lowest BCUT2D eigenvalue weighted by molar-refractivity contribution is -0.143. The van der Waals surface area contributed by atoms with E-state index >= 15 is 0 Å². The third-order valence-electron chi connectivity index (χ3n) is 2.58. The molecule has 0 N–H and O–H groups in total. The van der Waals surface area contributed by atoms with E-state index in [-0.39, 0.29) is 18.4 Å². The molecule has 0 saturated carbocycles. The lowest BCUT2D eigenvalue weighted by atomic mass is 10.0. The number of alkyl halides is 6. The van der Waals surface area contributed by atoms with Gasteiger partial charge in [-0.2, -0.15) is 26.3 Å². The first kappa shape index (κ1) is 16.8. The summed E-state index contributed by atoms with van der Waals surface area (Å²) < 4.78 is 85.5. The number of ether oxygens (including phenoxy) is 1. The highest BCUT2D eigenvalue weighted by Crippen LogP contribution is 2.38. The van der Waals surface area contributed by atoms with E-state index in [1.54, 1.807) is 0 Å². The maximum Gasteiger partial charge on any atom is 0.416 e. The number of halogens is 6. The van der Waals surface area contributed by atoms with Crippen LogP contribution >= 0.6 is 0 Å². The molecular formula is C12H6F6N2O3. The predicted octanol–water partition coefficient (Wildman–Crippen LogP) is 3.45. The normalized spacial score (nSPS) is 12.3. The van der Waals surface area contributed by atoms with E-state index in [9.17, 15) is 31.1 Å². The molecule has 1 aromatic carbocycles. The fraction of sp³-hybridized carbons (Fsp3) is 0.250. The summed E-state index contributed by atoms with van der Waals surface area (Å²) >= 11 is 0. The van der Waals surface area contributed by atoms with E-state index in [1.165, 1.54) is 0 Å². The Morgan fingerprint density at radius 1 is 1.00 bits per heavy atom. The molecule has 0 atom stereocenters. The van der Waals surface area contributed by atoms with Crippen LogP contribution in [-0.4, -0.2) is 16.7 Å². The van der Waals surface area contributed by atoms with Crippen LogP contribution in [0.25, 0.3) is 11.5 Å². The molecule has 2 aromatic rings. The van der Waals surface area contributed by atoms with Crippen molar-refractivity contribution in [1.29, 1.82) is 0 Å². The molecule has 23 heavy (non-hydrogen) atoms. The van der Waals surface area contributed by atoms with Gasteiger partial charge in [-0.15, -0.1) is 10.2 Å². The van der Waals surface area contributed by atoms with Gasteiger partial charge in [-0.3, -0.25) is 4.79 Å². The number of nitrogens with zero attached hydrogens (tertiary/aromatic N) is 2. The second kappa shape index (κ2) is 5.89. The zero-order valence-electron chi connectivity index (χ0n) is 10.9. The molecule has 1 aromatic heterocycles. The summed E-state index contributed by atoms with van der Waals surface area (Å²) in [6, 6.07) is 0.885. The fourth-order valence-electron chi connectivity index (χ4n) is 1.61. The van der Waals surface area contributed by atoms with Gasteiger partial charge in [0.1, 0.15) is 0 Å². The Labute approximate surface area is 123 Å². The van der Waals surface area contributed by atoms with Gasteiger partial charge in [0.15, 0.2) is 6.61 Å². The van der Waals surface area contributed by atoms with Crippen LogP contribution in [0.4, 0.5) is 26.3 Å². The highest BCUT2D eigenvalue weighted by molar-refractivity contribution is 5.56. The Balaban J connectivity index is 2.49. The monoisotopic (exact) mass is 340 g/mol. The minimum atomic E-state index is -4.99. The Hall–Kier alpha value is -2.59. The molecular weight excluding hydrogens is 334 g/mol. The molecule has 0 aliphatic rings. The number of carbonyl (C=O) groups excluding carboxylic acids is 1. The SMILES string of the molecule is O=COCc1nnc(-c2cc(C(F)(F)F)cc(C(F)(F)F)c2)o1. The first-order valence-electron chi connectivity index (χ1n) is 5.79. The van der Waals surface area contributed by atoms with Gasteiger partial charge in [0.2, 0.25) is 5.89 Å². The van der Waals surface area contributed by atoms with Crippen molar-refractivity contribution in [2.45, 2.75) is 19.0 Å². The number of hydrogen-bond donors (Lipinski definition) is 0. The Morgan fingerprint density at radius 3 is 2.04 bits per heavy atom. The molecule has 0 aliphatic heterocycles. The molecule has 0 unspecified atom stereocenters. The smallest absolute Gasteiger partial charge is 0.416 e. The highest BCUT2D eigenvalue weighted by atomic mass is 19.4. The van der Waals surface area contributed by atoms with Crippen LogP contribution in [0.1, 0.15) is 17.0 Å². The third kappa shape index (κ3) is 3.99. The lowest BCUT2D eigenvalue weighted by Crippen LogP contribution is -2.11. The van der Waals surface area contributed by atoms with Gasteiger partial charge < -0.3 is 9.15 Å². The van der Waals surface area contributed by atoms with Gasteiger partial charge in [-0.25, -0.2) is 0 Å². The van der Waals surface area contributed by atoms with Gasteiger partial charge in [0.05, 0.1) is 11.1 Å². The molecule has 11 heteroatoms. The Morgan fingerprint density at radius 2 is 1.57 bits per heavy atom. The average Bonchev–Trinajstić information content (AvgIpc) is 2.91. The summed E-state index contributed by atoms with van der Waals surface area (Å²) in [5.41, 5.74) is -3.57. The number of aromatic nitrogens is 2. The summed E-state index contributed by atoms with van der Waals surface area (Å²) in [5, 5.41) is 6.69. The molecule has 0 spiro atoms. The summed E-state index contributed by atoms with van der Waals surface area (Å²) in [6.45, 7) is -0.391. The Bertz CT molecular complexity index is 675. The molecule has 5 nitrogen and oxygen atoms in total. The molecule has 0 fully saturated rings. The standard InChI is InChI=1S/C12H6F6N2O3/c13-11(14,15)7-1-6(2-8(3-7)12(16,17)18)10-20-19-9(23-10)4-22-5-21/h1-3,5H,4H2. The van der Waals surface area contributed by atoms with Crippen LogP contribution in [0.2, 0.25) is 0 Å². The van der Waals surface area contributed by atoms with Gasteiger partial charge in [-0.05, 0) is 18.2 Å². The van der Waals surface area contributed by atoms with Crippen LogP contribution < -0.4 is 0 Å². The zero-order chi connectivity index (χ0) is 17.3. The quantitative estimate of drug-likeness (QED) is 0.630.